The molecule has 0 aromatic carbocycles. The third-order valence-corrected chi connectivity index (χ3v) is 4.89. The van der Waals surface area contributed by atoms with Gasteiger partial charge in [-0.3, -0.25) is 14.4 Å². The Balaban J connectivity index is 1.95. The van der Waals surface area contributed by atoms with Gasteiger partial charge in [0.2, 0.25) is 0 Å². The fraction of sp³-hybridized carbons (Fsp3) is 0.412. The first-order chi connectivity index (χ1) is 10.2. The van der Waals surface area contributed by atoms with Gasteiger partial charge in [0, 0.05) is 11.1 Å². The topological polar surface area (TPSA) is 34.4 Å². The van der Waals surface area contributed by atoms with Crippen molar-refractivity contribution in [2.75, 3.05) is 0 Å². The zero-order chi connectivity index (χ0) is 14.7. The van der Waals surface area contributed by atoms with Crippen LogP contribution >= 0.6 is 11.3 Å². The molecule has 2 aromatic heterocycles. The van der Waals surface area contributed by atoms with Gasteiger partial charge in [-0.05, 0) is 44.0 Å². The highest BCUT2D eigenvalue weighted by Gasteiger charge is 2.14. The first kappa shape index (κ1) is 14.3. The Bertz CT molecular complexity index is 693. The molecule has 0 N–H and O–H groups in total. The highest BCUT2D eigenvalue weighted by molar-refractivity contribution is 7.13. The van der Waals surface area contributed by atoms with Gasteiger partial charge in [-0.25, -0.2) is 0 Å². The molecule has 1 aliphatic carbocycles. The van der Waals surface area contributed by atoms with Gasteiger partial charge < -0.3 is 0 Å². The number of nitrogens with zero attached hydrogens (tertiary/aromatic N) is 2. The summed E-state index contributed by atoms with van der Waals surface area (Å²) < 4.78 is 1.68. The maximum atomic E-state index is 12.6. The van der Waals surface area contributed by atoms with E-state index in [9.17, 15) is 4.79 Å². The van der Waals surface area contributed by atoms with Gasteiger partial charge in [0.15, 0.2) is 0 Å². The van der Waals surface area contributed by atoms with E-state index < -0.39 is 0 Å². The van der Waals surface area contributed by atoms with Crippen LogP contribution in [0.3, 0.4) is 0 Å². The van der Waals surface area contributed by atoms with Crippen LogP contribution in [0.2, 0.25) is 0 Å². The molecule has 0 spiro atoms. The van der Waals surface area contributed by atoms with Crippen molar-refractivity contribution >= 4 is 17.2 Å². The molecule has 2 heterocycles. The monoisotopic (exact) mass is 300 g/mol. The lowest BCUT2D eigenvalue weighted by molar-refractivity contribution is 0.0958. The summed E-state index contributed by atoms with van der Waals surface area (Å²) in [5.74, 6) is 0.0169. The van der Waals surface area contributed by atoms with Gasteiger partial charge in [-0.2, -0.15) is 0 Å². The van der Waals surface area contributed by atoms with Crippen LogP contribution in [0.4, 0.5) is 0 Å². The van der Waals surface area contributed by atoms with Gasteiger partial charge in [-0.15, -0.1) is 11.3 Å². The molecule has 0 unspecified atom stereocenters. The van der Waals surface area contributed by atoms with E-state index in [-0.39, 0.29) is 5.91 Å². The van der Waals surface area contributed by atoms with Crippen LogP contribution < -0.4 is 5.49 Å². The third kappa shape index (κ3) is 3.32. The molecule has 0 atom stereocenters. The summed E-state index contributed by atoms with van der Waals surface area (Å²) in [5.41, 5.74) is 0.778. The Morgan fingerprint density at radius 1 is 1.19 bits per heavy atom. The minimum Gasteiger partial charge on any atom is -0.267 e. The van der Waals surface area contributed by atoms with E-state index in [4.69, 9.17) is 4.99 Å². The van der Waals surface area contributed by atoms with Crippen LogP contribution in [0.15, 0.2) is 41.5 Å². The zero-order valence-electron chi connectivity index (χ0n) is 12.3. The van der Waals surface area contributed by atoms with E-state index in [0.29, 0.717) is 6.04 Å². The average Bonchev–Trinajstić information content (AvgIpc) is 2.95. The summed E-state index contributed by atoms with van der Waals surface area (Å²) in [6, 6.07) is 10.0. The lowest BCUT2D eigenvalue weighted by Crippen LogP contribution is -2.28. The highest BCUT2D eigenvalue weighted by Crippen LogP contribution is 2.20. The fourth-order valence-corrected chi connectivity index (χ4v) is 3.58. The van der Waals surface area contributed by atoms with Crippen molar-refractivity contribution in [3.05, 3.63) is 51.8 Å². The molecule has 2 aromatic rings. The number of rotatable bonds is 2. The molecule has 0 saturated heterocycles. The molecule has 110 valence electrons. The summed E-state index contributed by atoms with van der Waals surface area (Å²) in [7, 11) is 0. The standard InChI is InChI=1S/C17H20N2OS/c1-13-10-11-15(21-13)17(20)19-12-6-5-9-16(19)18-14-7-3-2-4-8-14/h5-6,9-12,14H,2-4,7-8H2,1H3. The fourth-order valence-electron chi connectivity index (χ4n) is 2.78. The lowest BCUT2D eigenvalue weighted by atomic mass is 9.96. The van der Waals surface area contributed by atoms with Crippen LogP contribution in [0.1, 0.15) is 46.7 Å². The van der Waals surface area contributed by atoms with Crippen molar-refractivity contribution in [1.82, 2.24) is 4.57 Å². The maximum absolute atomic E-state index is 12.6. The summed E-state index contributed by atoms with van der Waals surface area (Å²) in [5, 5.41) is 0. The van der Waals surface area contributed by atoms with Crippen molar-refractivity contribution in [3.8, 4) is 0 Å². The summed E-state index contributed by atoms with van der Waals surface area (Å²) >= 11 is 1.53. The maximum Gasteiger partial charge on any atom is 0.273 e. The normalized spacial score (nSPS) is 17.1. The molecule has 0 aliphatic heterocycles. The van der Waals surface area contributed by atoms with Crippen molar-refractivity contribution in [3.63, 3.8) is 0 Å². The lowest BCUT2D eigenvalue weighted by Gasteiger charge is -2.17. The van der Waals surface area contributed by atoms with E-state index in [1.165, 1.54) is 30.6 Å². The summed E-state index contributed by atoms with van der Waals surface area (Å²) in [6.45, 7) is 2.02. The van der Waals surface area contributed by atoms with Crippen molar-refractivity contribution < 1.29 is 4.79 Å². The zero-order valence-corrected chi connectivity index (χ0v) is 13.1. The highest BCUT2D eigenvalue weighted by atomic mass is 32.1. The Kier molecular flexibility index (Phi) is 4.34. The molecule has 1 aliphatic rings. The van der Waals surface area contributed by atoms with E-state index in [1.54, 1.807) is 4.57 Å². The number of carbonyl (C=O) groups excluding carboxylic acids is 1. The first-order valence-corrected chi connectivity index (χ1v) is 8.38. The Hall–Kier alpha value is -1.68. The number of thiophene rings is 1. The number of hydrogen-bond acceptors (Lipinski definition) is 3. The third-order valence-electron chi connectivity index (χ3n) is 3.90. The van der Waals surface area contributed by atoms with E-state index >= 15 is 0 Å². The first-order valence-electron chi connectivity index (χ1n) is 7.57. The van der Waals surface area contributed by atoms with Crippen LogP contribution in [0.5, 0.6) is 0 Å². The van der Waals surface area contributed by atoms with Crippen molar-refractivity contribution in [1.29, 1.82) is 0 Å². The number of hydrogen-bond donors (Lipinski definition) is 0. The quantitative estimate of drug-likeness (QED) is 0.831. The van der Waals surface area contributed by atoms with Gasteiger partial charge in [-0.1, -0.05) is 25.3 Å². The average molecular weight is 300 g/mol. The molecule has 21 heavy (non-hydrogen) atoms. The summed E-state index contributed by atoms with van der Waals surface area (Å²) in [6.07, 6.45) is 7.91. The minimum atomic E-state index is 0.0169. The minimum absolute atomic E-state index is 0.0169. The van der Waals surface area contributed by atoms with E-state index in [1.807, 2.05) is 43.5 Å². The Morgan fingerprint density at radius 2 is 2.00 bits per heavy atom. The van der Waals surface area contributed by atoms with Crippen molar-refractivity contribution in [2.24, 2.45) is 4.99 Å². The van der Waals surface area contributed by atoms with Crippen LogP contribution in [-0.2, 0) is 0 Å². The predicted octanol–water partition coefficient (Wildman–Crippen LogP) is 3.78. The molecule has 0 bridgehead atoms. The molecule has 4 heteroatoms. The van der Waals surface area contributed by atoms with Crippen LogP contribution in [0.25, 0.3) is 0 Å². The SMILES string of the molecule is Cc1ccc(C(=O)n2ccccc2=NC2CCCCC2)s1. The molecule has 3 rings (SSSR count). The molecular formula is C17H20N2OS. The Morgan fingerprint density at radius 3 is 2.71 bits per heavy atom. The second-order valence-corrected chi connectivity index (χ2v) is 6.85. The molecule has 3 nitrogen and oxygen atoms in total. The van der Waals surface area contributed by atoms with Gasteiger partial charge in [0.25, 0.3) is 5.91 Å². The second-order valence-electron chi connectivity index (χ2n) is 5.57. The Labute approximate surface area is 129 Å². The van der Waals surface area contributed by atoms with E-state index in [0.717, 1.165) is 28.1 Å². The van der Waals surface area contributed by atoms with Crippen LogP contribution in [0, 0.1) is 6.92 Å². The molecule has 0 amide bonds. The van der Waals surface area contributed by atoms with Gasteiger partial charge >= 0.3 is 0 Å². The van der Waals surface area contributed by atoms with Gasteiger partial charge in [0.1, 0.15) is 5.49 Å². The molecule has 1 fully saturated rings. The predicted molar refractivity (Wildman–Crippen MR) is 85.7 cm³/mol. The smallest absolute Gasteiger partial charge is 0.267 e. The van der Waals surface area contributed by atoms with E-state index in [2.05, 4.69) is 0 Å². The number of aryl methyl sites for hydroxylation is 1. The number of carbonyl (C=O) groups is 1. The molecule has 1 saturated carbocycles. The second kappa shape index (κ2) is 6.39. The largest absolute Gasteiger partial charge is 0.273 e. The molecular weight excluding hydrogens is 280 g/mol. The number of pyridine rings is 1. The van der Waals surface area contributed by atoms with Crippen LogP contribution in [-0.4, -0.2) is 16.5 Å². The van der Waals surface area contributed by atoms with Crippen molar-refractivity contribution in [2.45, 2.75) is 45.1 Å². The van der Waals surface area contributed by atoms with Gasteiger partial charge in [0.05, 0.1) is 10.9 Å². The molecule has 0 radical (unpaired) electrons. The summed E-state index contributed by atoms with van der Waals surface area (Å²) in [4.78, 5) is 19.4. The number of aromatic nitrogens is 1.